The van der Waals surface area contributed by atoms with Crippen molar-refractivity contribution < 1.29 is 23.0 Å². The summed E-state index contributed by atoms with van der Waals surface area (Å²) >= 11 is 5.71. The molecule has 0 amide bonds. The first-order valence-corrected chi connectivity index (χ1v) is 5.27. The van der Waals surface area contributed by atoms with Gasteiger partial charge in [-0.05, 0) is 19.1 Å². The normalized spacial score (nSPS) is 11.1. The molecule has 0 bridgehead atoms. The highest BCUT2D eigenvalue weighted by Gasteiger charge is 2.41. The first-order chi connectivity index (χ1) is 7.97. The Morgan fingerprint density at radius 3 is 2.65 bits per heavy atom. The molecule has 0 atom stereocenters. The van der Waals surface area contributed by atoms with E-state index in [9.17, 15) is 13.6 Å². The molecular formula is C11H11ClF2O3. The van der Waals surface area contributed by atoms with Crippen molar-refractivity contribution in [2.45, 2.75) is 12.8 Å². The van der Waals surface area contributed by atoms with Crippen molar-refractivity contribution in [3.05, 3.63) is 29.3 Å². The van der Waals surface area contributed by atoms with Crippen molar-refractivity contribution in [3.63, 3.8) is 0 Å². The van der Waals surface area contributed by atoms with E-state index >= 15 is 0 Å². The standard InChI is InChI=1S/C11H11ClF2O3/c1-2-16-10(15)11(13,14)7-17-9-6-4-3-5-8(9)12/h3-6H,2,7H2,1H3. The Morgan fingerprint density at radius 1 is 1.41 bits per heavy atom. The molecule has 94 valence electrons. The number of carbonyl (C=O) groups is 1. The van der Waals surface area contributed by atoms with Crippen LogP contribution in [0.25, 0.3) is 0 Å². The molecule has 1 rings (SSSR count). The predicted molar refractivity (Wildman–Crippen MR) is 58.5 cm³/mol. The van der Waals surface area contributed by atoms with E-state index < -0.39 is 18.5 Å². The van der Waals surface area contributed by atoms with Crippen LogP contribution in [0, 0.1) is 0 Å². The van der Waals surface area contributed by atoms with Crippen molar-refractivity contribution in [3.8, 4) is 5.75 Å². The van der Waals surface area contributed by atoms with E-state index in [1.807, 2.05) is 0 Å². The summed E-state index contributed by atoms with van der Waals surface area (Å²) in [4.78, 5) is 10.9. The van der Waals surface area contributed by atoms with Gasteiger partial charge in [0.05, 0.1) is 11.6 Å². The number of carbonyl (C=O) groups excluding carboxylic acids is 1. The molecule has 0 saturated heterocycles. The van der Waals surface area contributed by atoms with Crippen LogP contribution in [0.2, 0.25) is 5.02 Å². The summed E-state index contributed by atoms with van der Waals surface area (Å²) in [6, 6.07) is 6.16. The largest absolute Gasteiger partial charge is 0.485 e. The maximum absolute atomic E-state index is 13.2. The lowest BCUT2D eigenvalue weighted by molar-refractivity contribution is -0.175. The second-order valence-corrected chi connectivity index (χ2v) is 3.55. The number of para-hydroxylation sites is 1. The molecule has 0 heterocycles. The number of hydrogen-bond donors (Lipinski definition) is 0. The van der Waals surface area contributed by atoms with Crippen LogP contribution < -0.4 is 4.74 Å². The van der Waals surface area contributed by atoms with Gasteiger partial charge < -0.3 is 9.47 Å². The number of esters is 1. The quantitative estimate of drug-likeness (QED) is 0.767. The van der Waals surface area contributed by atoms with Gasteiger partial charge in [-0.3, -0.25) is 0 Å². The predicted octanol–water partition coefficient (Wildman–Crippen LogP) is 2.92. The number of hydrogen-bond acceptors (Lipinski definition) is 3. The third-order valence-electron chi connectivity index (χ3n) is 1.82. The van der Waals surface area contributed by atoms with Crippen molar-refractivity contribution in [2.24, 2.45) is 0 Å². The number of rotatable bonds is 5. The minimum Gasteiger partial charge on any atom is -0.485 e. The fraction of sp³-hybridized carbons (Fsp3) is 0.364. The Bertz CT molecular complexity index is 396. The summed E-state index contributed by atoms with van der Waals surface area (Å²) in [5.74, 6) is -5.19. The average Bonchev–Trinajstić information content (AvgIpc) is 2.28. The zero-order valence-corrected chi connectivity index (χ0v) is 9.84. The van der Waals surface area contributed by atoms with Gasteiger partial charge in [0.25, 0.3) is 0 Å². The van der Waals surface area contributed by atoms with Crippen molar-refractivity contribution in [2.75, 3.05) is 13.2 Å². The van der Waals surface area contributed by atoms with Crippen LogP contribution in [0.15, 0.2) is 24.3 Å². The molecular weight excluding hydrogens is 254 g/mol. The zero-order chi connectivity index (χ0) is 12.9. The Hall–Kier alpha value is -1.36. The molecule has 0 fully saturated rings. The van der Waals surface area contributed by atoms with Crippen molar-refractivity contribution in [1.82, 2.24) is 0 Å². The van der Waals surface area contributed by atoms with Gasteiger partial charge in [0.15, 0.2) is 6.61 Å². The molecule has 1 aromatic carbocycles. The second kappa shape index (κ2) is 5.82. The smallest absolute Gasteiger partial charge is 0.380 e. The SMILES string of the molecule is CCOC(=O)C(F)(F)COc1ccccc1Cl. The lowest BCUT2D eigenvalue weighted by Gasteiger charge is -2.15. The van der Waals surface area contributed by atoms with Crippen LogP contribution >= 0.6 is 11.6 Å². The van der Waals surface area contributed by atoms with E-state index in [2.05, 4.69) is 4.74 Å². The van der Waals surface area contributed by atoms with Crippen LogP contribution in [0.5, 0.6) is 5.75 Å². The Labute approximate surface area is 102 Å². The summed E-state index contributed by atoms with van der Waals surface area (Å²) in [5.41, 5.74) is 0. The van der Waals surface area contributed by atoms with Gasteiger partial charge in [0, 0.05) is 0 Å². The highest BCUT2D eigenvalue weighted by molar-refractivity contribution is 6.32. The second-order valence-electron chi connectivity index (χ2n) is 3.14. The minimum atomic E-state index is -3.69. The third-order valence-corrected chi connectivity index (χ3v) is 2.13. The van der Waals surface area contributed by atoms with Gasteiger partial charge in [-0.2, -0.15) is 8.78 Å². The van der Waals surface area contributed by atoms with E-state index in [1.54, 1.807) is 12.1 Å². The van der Waals surface area contributed by atoms with Crippen LogP contribution in [0.1, 0.15) is 6.92 Å². The maximum Gasteiger partial charge on any atom is 0.380 e. The Balaban J connectivity index is 2.61. The lowest BCUT2D eigenvalue weighted by atomic mass is 10.3. The Kier molecular flexibility index (Phi) is 4.69. The van der Waals surface area contributed by atoms with Gasteiger partial charge in [0.1, 0.15) is 5.75 Å². The van der Waals surface area contributed by atoms with E-state index in [-0.39, 0.29) is 17.4 Å². The molecule has 0 aliphatic rings. The highest BCUT2D eigenvalue weighted by atomic mass is 35.5. The summed E-state index contributed by atoms with van der Waals surface area (Å²) in [5, 5.41) is 0.201. The van der Waals surface area contributed by atoms with E-state index in [0.29, 0.717) is 0 Å². The van der Waals surface area contributed by atoms with Gasteiger partial charge in [-0.25, -0.2) is 4.79 Å². The first kappa shape index (κ1) is 13.7. The van der Waals surface area contributed by atoms with Crippen molar-refractivity contribution in [1.29, 1.82) is 0 Å². The number of ether oxygens (including phenoxy) is 2. The number of benzene rings is 1. The van der Waals surface area contributed by atoms with Crippen LogP contribution in [-0.2, 0) is 9.53 Å². The molecule has 17 heavy (non-hydrogen) atoms. The molecule has 0 saturated carbocycles. The van der Waals surface area contributed by atoms with Crippen LogP contribution in [0.3, 0.4) is 0 Å². The van der Waals surface area contributed by atoms with Crippen molar-refractivity contribution >= 4 is 17.6 Å². The van der Waals surface area contributed by atoms with E-state index in [0.717, 1.165) is 0 Å². The minimum absolute atomic E-state index is 0.0955. The fourth-order valence-corrected chi connectivity index (χ4v) is 1.22. The molecule has 1 aromatic rings. The highest BCUT2D eigenvalue weighted by Crippen LogP contribution is 2.25. The Morgan fingerprint density at radius 2 is 2.06 bits per heavy atom. The molecule has 0 N–H and O–H groups in total. The summed E-state index contributed by atoms with van der Waals surface area (Å²) in [6.07, 6.45) is 0. The number of alkyl halides is 2. The summed E-state index contributed by atoms with van der Waals surface area (Å²) in [6.45, 7) is 0.235. The fourth-order valence-electron chi connectivity index (χ4n) is 1.03. The monoisotopic (exact) mass is 264 g/mol. The maximum atomic E-state index is 13.2. The third kappa shape index (κ3) is 3.85. The zero-order valence-electron chi connectivity index (χ0n) is 9.08. The van der Waals surface area contributed by atoms with Gasteiger partial charge in [-0.1, -0.05) is 23.7 Å². The summed E-state index contributed by atoms with van der Waals surface area (Å²) < 4.78 is 35.4. The van der Waals surface area contributed by atoms with Gasteiger partial charge >= 0.3 is 11.9 Å². The molecule has 0 spiro atoms. The molecule has 0 aromatic heterocycles. The summed E-state index contributed by atoms with van der Waals surface area (Å²) in [7, 11) is 0. The molecule has 0 radical (unpaired) electrons. The van der Waals surface area contributed by atoms with E-state index in [1.165, 1.54) is 19.1 Å². The van der Waals surface area contributed by atoms with Crippen LogP contribution in [0.4, 0.5) is 8.78 Å². The van der Waals surface area contributed by atoms with E-state index in [4.69, 9.17) is 16.3 Å². The molecule has 3 nitrogen and oxygen atoms in total. The first-order valence-electron chi connectivity index (χ1n) is 4.89. The van der Waals surface area contributed by atoms with Gasteiger partial charge in [-0.15, -0.1) is 0 Å². The number of halogens is 3. The molecule has 0 unspecified atom stereocenters. The molecule has 6 heteroatoms. The average molecular weight is 265 g/mol. The lowest BCUT2D eigenvalue weighted by Crippen LogP contribution is -2.37. The van der Waals surface area contributed by atoms with Crippen LogP contribution in [-0.4, -0.2) is 25.1 Å². The topological polar surface area (TPSA) is 35.5 Å². The molecule has 0 aliphatic carbocycles. The molecule has 0 aliphatic heterocycles. The van der Waals surface area contributed by atoms with Gasteiger partial charge in [0.2, 0.25) is 0 Å².